The molecule has 106 valence electrons. The summed E-state index contributed by atoms with van der Waals surface area (Å²) in [5.74, 6) is 0.422. The van der Waals surface area contributed by atoms with Gasteiger partial charge >= 0.3 is 0 Å². The Bertz CT molecular complexity index is 633. The minimum absolute atomic E-state index is 0.311. The van der Waals surface area contributed by atoms with Gasteiger partial charge in [0.25, 0.3) is 0 Å². The summed E-state index contributed by atoms with van der Waals surface area (Å²) < 4.78 is 18.9. The van der Waals surface area contributed by atoms with Crippen LogP contribution >= 0.6 is 0 Å². The molecule has 0 amide bonds. The van der Waals surface area contributed by atoms with E-state index in [1.54, 1.807) is 39.2 Å². The summed E-state index contributed by atoms with van der Waals surface area (Å²) in [4.78, 5) is 0. The first kappa shape index (κ1) is 14.5. The number of aryl methyl sites for hydroxylation is 2. The quantitative estimate of drug-likeness (QED) is 0.924. The number of aliphatic hydroxyl groups is 1. The first-order chi connectivity index (χ1) is 9.36. The van der Waals surface area contributed by atoms with Gasteiger partial charge in [0.05, 0.1) is 7.11 Å². The zero-order valence-electron chi connectivity index (χ0n) is 12.2. The van der Waals surface area contributed by atoms with Crippen LogP contribution in [0.25, 0.3) is 0 Å². The molecule has 0 radical (unpaired) electrons. The third-order valence-corrected chi connectivity index (χ3v) is 3.69. The lowest BCUT2D eigenvalue weighted by Crippen LogP contribution is -2.24. The summed E-state index contributed by atoms with van der Waals surface area (Å²) in [7, 11) is 1.60. The Labute approximate surface area is 118 Å². The third-order valence-electron chi connectivity index (χ3n) is 3.69. The highest BCUT2D eigenvalue weighted by molar-refractivity contribution is 5.44. The number of ether oxygens (including phenoxy) is 1. The molecule has 0 fully saturated rings. The van der Waals surface area contributed by atoms with Crippen LogP contribution in [0, 0.1) is 19.7 Å². The molecule has 0 aromatic heterocycles. The highest BCUT2D eigenvalue weighted by atomic mass is 19.1. The van der Waals surface area contributed by atoms with Crippen molar-refractivity contribution in [3.8, 4) is 5.75 Å². The Morgan fingerprint density at radius 3 is 2.30 bits per heavy atom. The fraction of sp³-hybridized carbons (Fsp3) is 0.294. The van der Waals surface area contributed by atoms with E-state index in [4.69, 9.17) is 4.74 Å². The Hall–Kier alpha value is -1.87. The maximum atomic E-state index is 13.7. The molecule has 1 atom stereocenters. The van der Waals surface area contributed by atoms with Gasteiger partial charge in [-0.05, 0) is 61.2 Å². The van der Waals surface area contributed by atoms with E-state index in [1.165, 1.54) is 6.07 Å². The van der Waals surface area contributed by atoms with E-state index in [-0.39, 0.29) is 5.82 Å². The van der Waals surface area contributed by atoms with Crippen LogP contribution in [0.2, 0.25) is 0 Å². The molecule has 0 bridgehead atoms. The topological polar surface area (TPSA) is 29.5 Å². The van der Waals surface area contributed by atoms with Crippen molar-refractivity contribution >= 4 is 0 Å². The van der Waals surface area contributed by atoms with Crippen LogP contribution in [0.4, 0.5) is 4.39 Å². The van der Waals surface area contributed by atoms with Crippen molar-refractivity contribution in [3.05, 3.63) is 64.5 Å². The van der Waals surface area contributed by atoms with Gasteiger partial charge in [0.2, 0.25) is 0 Å². The fourth-order valence-electron chi connectivity index (χ4n) is 2.36. The zero-order valence-corrected chi connectivity index (χ0v) is 12.2. The SMILES string of the molecule is COc1ccc(C(C)(O)c2ccc(C)c(F)c2)c(C)c1. The van der Waals surface area contributed by atoms with Crippen LogP contribution in [0.5, 0.6) is 5.75 Å². The third kappa shape index (κ3) is 2.54. The van der Waals surface area contributed by atoms with E-state index in [2.05, 4.69) is 0 Å². The normalized spacial score (nSPS) is 13.9. The van der Waals surface area contributed by atoms with Crippen molar-refractivity contribution < 1.29 is 14.2 Å². The van der Waals surface area contributed by atoms with E-state index in [1.807, 2.05) is 19.1 Å². The Balaban J connectivity index is 2.51. The number of hydrogen-bond acceptors (Lipinski definition) is 2. The van der Waals surface area contributed by atoms with Crippen LogP contribution in [0.1, 0.15) is 29.2 Å². The largest absolute Gasteiger partial charge is 0.497 e. The number of halogens is 1. The molecular formula is C17H19FO2. The summed E-state index contributed by atoms with van der Waals surface area (Å²) in [5.41, 5.74) is 1.49. The standard InChI is InChI=1S/C17H19FO2/c1-11-5-6-13(10-16(11)18)17(3,19)15-8-7-14(20-4)9-12(15)2/h5-10,19H,1-4H3. The molecule has 2 aromatic rings. The van der Waals surface area contributed by atoms with Gasteiger partial charge < -0.3 is 9.84 Å². The van der Waals surface area contributed by atoms with Crippen molar-refractivity contribution in [3.63, 3.8) is 0 Å². The maximum absolute atomic E-state index is 13.7. The Kier molecular flexibility index (Phi) is 3.82. The van der Waals surface area contributed by atoms with E-state index < -0.39 is 5.60 Å². The van der Waals surface area contributed by atoms with Gasteiger partial charge in [0.1, 0.15) is 17.2 Å². The zero-order chi connectivity index (χ0) is 14.9. The lowest BCUT2D eigenvalue weighted by atomic mass is 9.85. The summed E-state index contributed by atoms with van der Waals surface area (Å²) in [6.07, 6.45) is 0. The summed E-state index contributed by atoms with van der Waals surface area (Å²) in [5, 5.41) is 10.8. The molecule has 3 heteroatoms. The van der Waals surface area contributed by atoms with E-state index in [0.29, 0.717) is 11.1 Å². The van der Waals surface area contributed by atoms with Crippen molar-refractivity contribution in [1.82, 2.24) is 0 Å². The Morgan fingerprint density at radius 2 is 1.75 bits per heavy atom. The maximum Gasteiger partial charge on any atom is 0.126 e. The van der Waals surface area contributed by atoms with Gasteiger partial charge in [0, 0.05) is 0 Å². The number of benzene rings is 2. The van der Waals surface area contributed by atoms with Crippen molar-refractivity contribution in [2.45, 2.75) is 26.4 Å². The smallest absolute Gasteiger partial charge is 0.126 e. The predicted molar refractivity (Wildman–Crippen MR) is 77.5 cm³/mol. The predicted octanol–water partition coefficient (Wildman–Crippen LogP) is 3.71. The molecule has 0 saturated heterocycles. The van der Waals surface area contributed by atoms with Crippen LogP contribution in [-0.4, -0.2) is 12.2 Å². The minimum Gasteiger partial charge on any atom is -0.497 e. The molecule has 2 rings (SSSR count). The molecule has 0 heterocycles. The summed E-state index contributed by atoms with van der Waals surface area (Å²) in [6, 6.07) is 10.3. The second-order valence-corrected chi connectivity index (χ2v) is 5.22. The highest BCUT2D eigenvalue weighted by Gasteiger charge is 2.28. The average Bonchev–Trinajstić information content (AvgIpc) is 2.41. The monoisotopic (exact) mass is 274 g/mol. The van der Waals surface area contributed by atoms with Crippen LogP contribution in [0.15, 0.2) is 36.4 Å². The van der Waals surface area contributed by atoms with Crippen molar-refractivity contribution in [2.75, 3.05) is 7.11 Å². The first-order valence-electron chi connectivity index (χ1n) is 6.50. The van der Waals surface area contributed by atoms with E-state index >= 15 is 0 Å². The van der Waals surface area contributed by atoms with Gasteiger partial charge in [-0.15, -0.1) is 0 Å². The highest BCUT2D eigenvalue weighted by Crippen LogP contribution is 2.33. The van der Waals surface area contributed by atoms with E-state index in [0.717, 1.165) is 16.9 Å². The summed E-state index contributed by atoms with van der Waals surface area (Å²) >= 11 is 0. The van der Waals surface area contributed by atoms with Gasteiger partial charge in [0.15, 0.2) is 0 Å². The van der Waals surface area contributed by atoms with Crippen molar-refractivity contribution in [2.24, 2.45) is 0 Å². The van der Waals surface area contributed by atoms with Gasteiger partial charge in [-0.3, -0.25) is 0 Å². The molecule has 2 aromatic carbocycles. The number of rotatable bonds is 3. The van der Waals surface area contributed by atoms with Crippen LogP contribution in [-0.2, 0) is 5.60 Å². The Morgan fingerprint density at radius 1 is 1.05 bits per heavy atom. The molecule has 2 nitrogen and oxygen atoms in total. The fourth-order valence-corrected chi connectivity index (χ4v) is 2.36. The molecule has 0 saturated carbocycles. The number of hydrogen-bond donors (Lipinski definition) is 1. The molecule has 0 spiro atoms. The number of methoxy groups -OCH3 is 1. The molecule has 0 aliphatic rings. The van der Waals surface area contributed by atoms with Gasteiger partial charge in [-0.25, -0.2) is 4.39 Å². The second kappa shape index (κ2) is 5.25. The van der Waals surface area contributed by atoms with E-state index in [9.17, 15) is 9.50 Å². The van der Waals surface area contributed by atoms with Crippen LogP contribution in [0.3, 0.4) is 0 Å². The summed E-state index contributed by atoms with van der Waals surface area (Å²) in [6.45, 7) is 5.27. The molecule has 1 N–H and O–H groups in total. The van der Waals surface area contributed by atoms with Gasteiger partial charge in [-0.1, -0.05) is 18.2 Å². The average molecular weight is 274 g/mol. The molecule has 0 aliphatic heterocycles. The lowest BCUT2D eigenvalue weighted by molar-refractivity contribution is 0.101. The first-order valence-corrected chi connectivity index (χ1v) is 6.50. The second-order valence-electron chi connectivity index (χ2n) is 5.22. The van der Waals surface area contributed by atoms with Crippen molar-refractivity contribution in [1.29, 1.82) is 0 Å². The van der Waals surface area contributed by atoms with Gasteiger partial charge in [-0.2, -0.15) is 0 Å². The molecular weight excluding hydrogens is 255 g/mol. The lowest BCUT2D eigenvalue weighted by Gasteiger charge is -2.27. The molecule has 1 unspecified atom stereocenters. The minimum atomic E-state index is -1.25. The molecule has 0 aliphatic carbocycles. The van der Waals surface area contributed by atoms with Crippen LogP contribution < -0.4 is 4.74 Å². The molecule has 20 heavy (non-hydrogen) atoms.